The molecule has 1 aliphatic rings. The Morgan fingerprint density at radius 1 is 1.11 bits per heavy atom. The Bertz CT molecular complexity index is 1470. The van der Waals surface area contributed by atoms with E-state index in [1.807, 2.05) is 30.3 Å². The Hall–Kier alpha value is -4.17. The first-order chi connectivity index (χ1) is 17.8. The van der Waals surface area contributed by atoms with Crippen LogP contribution in [-0.2, 0) is 14.9 Å². The highest BCUT2D eigenvalue weighted by Gasteiger charge is 2.51. The molecule has 0 bridgehead atoms. The van der Waals surface area contributed by atoms with Crippen molar-refractivity contribution in [3.8, 4) is 16.8 Å². The number of anilines is 1. The number of nitrogens with zero attached hydrogens (tertiary/aromatic N) is 2. The normalized spacial score (nSPS) is 14.6. The largest absolute Gasteiger partial charge is 0.481 e. The summed E-state index contributed by atoms with van der Waals surface area (Å²) in [6, 6.07) is 20.8. The number of amides is 1. The maximum absolute atomic E-state index is 14.9. The SMILES string of the molecule is CC(OC(=O)Nc1c(Cl)cnn1-c1ccc(-c2ccc(C3(C(=O)O)CC3)cc2F)cc1)c1ccccc1. The van der Waals surface area contributed by atoms with Crippen molar-refractivity contribution < 1.29 is 23.8 Å². The zero-order valence-corrected chi connectivity index (χ0v) is 20.6. The third kappa shape index (κ3) is 4.80. The lowest BCUT2D eigenvalue weighted by Gasteiger charge is -2.15. The monoisotopic (exact) mass is 519 g/mol. The van der Waals surface area contributed by atoms with Crippen molar-refractivity contribution in [1.82, 2.24) is 9.78 Å². The van der Waals surface area contributed by atoms with Gasteiger partial charge in [0.15, 0.2) is 5.82 Å². The van der Waals surface area contributed by atoms with Gasteiger partial charge in [-0.25, -0.2) is 13.9 Å². The Kier molecular flexibility index (Phi) is 6.43. The van der Waals surface area contributed by atoms with Crippen molar-refractivity contribution in [3.05, 3.63) is 101 Å². The van der Waals surface area contributed by atoms with Crippen LogP contribution in [0.25, 0.3) is 16.8 Å². The van der Waals surface area contributed by atoms with Crippen LogP contribution < -0.4 is 5.32 Å². The number of halogens is 2. The number of ether oxygens (including phenoxy) is 1. The fourth-order valence-electron chi connectivity index (χ4n) is 4.30. The molecule has 0 spiro atoms. The van der Waals surface area contributed by atoms with Gasteiger partial charge >= 0.3 is 12.1 Å². The number of carboxylic acids is 1. The van der Waals surface area contributed by atoms with E-state index in [4.69, 9.17) is 16.3 Å². The van der Waals surface area contributed by atoms with Gasteiger partial charge in [-0.05, 0) is 54.7 Å². The van der Waals surface area contributed by atoms with Crippen molar-refractivity contribution in [2.45, 2.75) is 31.3 Å². The van der Waals surface area contributed by atoms with E-state index in [0.717, 1.165) is 5.56 Å². The number of aliphatic carboxylic acids is 1. The second-order valence-corrected chi connectivity index (χ2v) is 9.37. The molecule has 3 aromatic carbocycles. The van der Waals surface area contributed by atoms with Gasteiger partial charge in [0.1, 0.15) is 16.9 Å². The molecule has 1 aromatic heterocycles. The van der Waals surface area contributed by atoms with Crippen LogP contribution in [0.15, 0.2) is 79.0 Å². The fraction of sp³-hybridized carbons (Fsp3) is 0.179. The summed E-state index contributed by atoms with van der Waals surface area (Å²) in [4.78, 5) is 24.1. The quantitative estimate of drug-likeness (QED) is 0.281. The Morgan fingerprint density at radius 2 is 1.81 bits per heavy atom. The lowest BCUT2D eigenvalue weighted by molar-refractivity contribution is -0.140. The molecule has 1 atom stereocenters. The third-order valence-electron chi connectivity index (χ3n) is 6.60. The summed E-state index contributed by atoms with van der Waals surface area (Å²) < 4.78 is 21.8. The number of hydrogen-bond donors (Lipinski definition) is 2. The Morgan fingerprint density at radius 3 is 2.43 bits per heavy atom. The number of rotatable bonds is 7. The summed E-state index contributed by atoms with van der Waals surface area (Å²) in [5, 5.41) is 16.6. The summed E-state index contributed by atoms with van der Waals surface area (Å²) in [6.07, 6.45) is 1.27. The van der Waals surface area contributed by atoms with Crippen molar-refractivity contribution in [1.29, 1.82) is 0 Å². The number of nitrogens with one attached hydrogen (secondary N) is 1. The number of aromatic nitrogens is 2. The molecule has 1 heterocycles. The Balaban J connectivity index is 1.33. The maximum Gasteiger partial charge on any atom is 0.413 e. The van der Waals surface area contributed by atoms with E-state index in [1.165, 1.54) is 16.9 Å². The van der Waals surface area contributed by atoms with Gasteiger partial charge in [0.25, 0.3) is 0 Å². The van der Waals surface area contributed by atoms with Gasteiger partial charge in [-0.15, -0.1) is 0 Å². The molecule has 0 radical (unpaired) electrons. The lowest BCUT2D eigenvalue weighted by Crippen LogP contribution is -2.19. The first kappa shape index (κ1) is 24.5. The molecule has 9 heteroatoms. The van der Waals surface area contributed by atoms with E-state index in [-0.39, 0.29) is 10.8 Å². The third-order valence-corrected chi connectivity index (χ3v) is 6.88. The van der Waals surface area contributed by atoms with Crippen molar-refractivity contribution in [2.24, 2.45) is 0 Å². The first-order valence-corrected chi connectivity index (χ1v) is 12.1. The van der Waals surface area contributed by atoms with E-state index in [2.05, 4.69) is 10.4 Å². The minimum atomic E-state index is -0.966. The summed E-state index contributed by atoms with van der Waals surface area (Å²) in [5.41, 5.74) is 1.91. The van der Waals surface area contributed by atoms with E-state index in [9.17, 15) is 19.1 Å². The molecule has 4 aromatic rings. The van der Waals surface area contributed by atoms with Gasteiger partial charge in [-0.1, -0.05) is 66.2 Å². The topological polar surface area (TPSA) is 93.5 Å². The van der Waals surface area contributed by atoms with Crippen LogP contribution in [0.2, 0.25) is 5.02 Å². The summed E-state index contributed by atoms with van der Waals surface area (Å²) in [6.45, 7) is 1.77. The van der Waals surface area contributed by atoms with E-state index in [1.54, 1.807) is 43.3 Å². The molecule has 1 saturated carbocycles. The zero-order valence-electron chi connectivity index (χ0n) is 19.8. The molecule has 188 valence electrons. The van der Waals surface area contributed by atoms with Crippen molar-refractivity contribution in [2.75, 3.05) is 5.32 Å². The van der Waals surface area contributed by atoms with Crippen LogP contribution in [0.4, 0.5) is 15.0 Å². The van der Waals surface area contributed by atoms with Gasteiger partial charge < -0.3 is 9.84 Å². The summed E-state index contributed by atoms with van der Waals surface area (Å²) in [5.74, 6) is -1.18. The predicted octanol–water partition coefficient (Wildman–Crippen LogP) is 6.76. The van der Waals surface area contributed by atoms with Crippen LogP contribution in [0.1, 0.15) is 37.0 Å². The van der Waals surface area contributed by atoms with Crippen LogP contribution in [0.3, 0.4) is 0 Å². The molecular formula is C28H23ClFN3O4. The average molecular weight is 520 g/mol. The van der Waals surface area contributed by atoms with Crippen LogP contribution in [-0.4, -0.2) is 26.9 Å². The molecule has 37 heavy (non-hydrogen) atoms. The molecule has 2 N–H and O–H groups in total. The smallest absolute Gasteiger partial charge is 0.413 e. The lowest BCUT2D eigenvalue weighted by atomic mass is 9.93. The highest BCUT2D eigenvalue weighted by atomic mass is 35.5. The number of carbonyl (C=O) groups is 2. The van der Waals surface area contributed by atoms with E-state index >= 15 is 0 Å². The van der Waals surface area contributed by atoms with Crippen molar-refractivity contribution >= 4 is 29.5 Å². The number of carbonyl (C=O) groups excluding carboxylic acids is 1. The van der Waals surface area contributed by atoms with E-state index < -0.39 is 29.4 Å². The molecular weight excluding hydrogens is 497 g/mol. The molecule has 1 amide bonds. The minimum absolute atomic E-state index is 0.224. The molecule has 1 aliphatic carbocycles. The molecule has 1 fully saturated rings. The number of carboxylic acid groups (broad SMARTS) is 1. The maximum atomic E-state index is 14.9. The number of benzene rings is 3. The average Bonchev–Trinajstić information content (AvgIpc) is 3.64. The second kappa shape index (κ2) is 9.71. The van der Waals surface area contributed by atoms with Gasteiger partial charge in [-0.3, -0.25) is 10.1 Å². The number of hydrogen-bond acceptors (Lipinski definition) is 4. The predicted molar refractivity (Wildman–Crippen MR) is 137 cm³/mol. The summed E-state index contributed by atoms with van der Waals surface area (Å²) in [7, 11) is 0. The molecule has 0 aliphatic heterocycles. The standard InChI is InChI=1S/C28H23ClFN3O4/c1-17(18-5-3-2-4-6-18)37-27(36)32-25-23(29)16-31-33(25)21-10-7-19(8-11-21)22-12-9-20(15-24(22)30)28(13-14-28)26(34)35/h2-12,15-17H,13-14H2,1H3,(H,32,36)(H,34,35). The molecule has 7 nitrogen and oxygen atoms in total. The van der Waals surface area contributed by atoms with Crippen LogP contribution >= 0.6 is 11.6 Å². The van der Waals surface area contributed by atoms with Crippen molar-refractivity contribution in [3.63, 3.8) is 0 Å². The minimum Gasteiger partial charge on any atom is -0.481 e. The van der Waals surface area contributed by atoms with Gasteiger partial charge in [-0.2, -0.15) is 5.10 Å². The van der Waals surface area contributed by atoms with E-state index in [0.29, 0.717) is 35.2 Å². The zero-order chi connectivity index (χ0) is 26.2. The first-order valence-electron chi connectivity index (χ1n) is 11.7. The second-order valence-electron chi connectivity index (χ2n) is 8.96. The van der Waals surface area contributed by atoms with Gasteiger partial charge in [0, 0.05) is 5.56 Å². The van der Waals surface area contributed by atoms with Gasteiger partial charge in [0.2, 0.25) is 0 Å². The summed E-state index contributed by atoms with van der Waals surface area (Å²) >= 11 is 6.27. The van der Waals surface area contributed by atoms with Gasteiger partial charge in [0.05, 0.1) is 17.3 Å². The highest BCUT2D eigenvalue weighted by Crippen LogP contribution is 2.49. The molecule has 5 rings (SSSR count). The fourth-order valence-corrected chi connectivity index (χ4v) is 4.47. The molecule has 1 unspecified atom stereocenters. The van der Waals surface area contributed by atoms with Crippen LogP contribution in [0.5, 0.6) is 0 Å². The Labute approximate surface area is 217 Å². The van der Waals surface area contributed by atoms with Crippen LogP contribution in [0, 0.1) is 5.82 Å². The highest BCUT2D eigenvalue weighted by molar-refractivity contribution is 6.33. The molecule has 0 saturated heterocycles.